The lowest BCUT2D eigenvalue weighted by Gasteiger charge is -2.39. The Balaban J connectivity index is 0.955. The maximum absolute atomic E-state index is 6.72. The minimum Gasteiger partial charge on any atom is -0.457 e. The van der Waals surface area contributed by atoms with Crippen molar-refractivity contribution >= 4 is 0 Å². The third kappa shape index (κ3) is 5.82. The monoisotopic (exact) mass is 790 g/mol. The Labute approximate surface area is 361 Å². The van der Waals surface area contributed by atoms with Crippen molar-refractivity contribution in [1.82, 2.24) is 9.97 Å². The predicted molar refractivity (Wildman–Crippen MR) is 252 cm³/mol. The summed E-state index contributed by atoms with van der Waals surface area (Å²) in [6, 6.07) is 82.0. The number of rotatable bonds is 6. The molecule has 12 rings (SSSR count). The van der Waals surface area contributed by atoms with Crippen LogP contribution < -0.4 is 4.74 Å². The Bertz CT molecular complexity index is 3290. The van der Waals surface area contributed by atoms with Crippen LogP contribution in [0.3, 0.4) is 0 Å². The first kappa shape index (κ1) is 35.8. The summed E-state index contributed by atoms with van der Waals surface area (Å²) in [6.45, 7) is 0. The fraction of sp³-hybridized carbons (Fsp3) is 0.0169. The highest BCUT2D eigenvalue weighted by atomic mass is 16.5. The highest BCUT2D eigenvalue weighted by Crippen LogP contribution is 2.62. The van der Waals surface area contributed by atoms with E-state index in [1.54, 1.807) is 0 Å². The van der Waals surface area contributed by atoms with Crippen molar-refractivity contribution in [3.63, 3.8) is 0 Å². The molecule has 0 atom stereocenters. The quantitative estimate of drug-likeness (QED) is 0.168. The third-order valence-corrected chi connectivity index (χ3v) is 12.6. The summed E-state index contributed by atoms with van der Waals surface area (Å²) in [5, 5.41) is 0. The average Bonchev–Trinajstić information content (AvgIpc) is 3.65. The molecule has 3 heteroatoms. The van der Waals surface area contributed by atoms with E-state index < -0.39 is 5.41 Å². The highest BCUT2D eigenvalue weighted by molar-refractivity contribution is 5.89. The van der Waals surface area contributed by atoms with Crippen LogP contribution in [0.5, 0.6) is 11.5 Å². The molecule has 0 N–H and O–H groups in total. The summed E-state index contributed by atoms with van der Waals surface area (Å²) in [6.07, 6.45) is 0. The minimum absolute atomic E-state index is 0.519. The molecule has 0 saturated heterocycles. The standard InChI is InChI=1S/C59H38N2O/c1-3-16-39(17-4-1)41-20-14-24-46(35-41)55-38-54(40-18-5-2-6-19-40)60-58(61-55)47-25-15-23-44(36-47)42-21-13-22-43(34-42)45-32-33-57-53(37-45)59(52-30-11-12-31-56(52)62-57)50-28-9-7-26-48(50)49-27-8-10-29-51(49)59/h1-38H. The van der Waals surface area contributed by atoms with Crippen molar-refractivity contribution in [1.29, 1.82) is 0 Å². The Kier molecular flexibility index (Phi) is 8.39. The van der Waals surface area contributed by atoms with E-state index in [-0.39, 0.29) is 0 Å². The van der Waals surface area contributed by atoms with Gasteiger partial charge in [0.25, 0.3) is 0 Å². The van der Waals surface area contributed by atoms with E-state index in [1.807, 2.05) is 12.1 Å². The van der Waals surface area contributed by atoms with Gasteiger partial charge in [-0.05, 0) is 98.1 Å². The molecule has 1 aromatic heterocycles. The van der Waals surface area contributed by atoms with Crippen LogP contribution in [0.1, 0.15) is 22.3 Å². The van der Waals surface area contributed by atoms with Crippen LogP contribution in [0.2, 0.25) is 0 Å². The second-order valence-electron chi connectivity index (χ2n) is 16.1. The van der Waals surface area contributed by atoms with Crippen molar-refractivity contribution in [2.75, 3.05) is 0 Å². The summed E-state index contributed by atoms with van der Waals surface area (Å²) in [5.74, 6) is 2.46. The lowest BCUT2D eigenvalue weighted by Crippen LogP contribution is -2.32. The summed E-state index contributed by atoms with van der Waals surface area (Å²) >= 11 is 0. The molecule has 10 aromatic rings. The number of para-hydroxylation sites is 1. The molecule has 1 aliphatic carbocycles. The Morgan fingerprint density at radius 2 is 0.710 bits per heavy atom. The number of hydrogen-bond acceptors (Lipinski definition) is 3. The van der Waals surface area contributed by atoms with Gasteiger partial charge in [-0.25, -0.2) is 9.97 Å². The maximum atomic E-state index is 6.72. The van der Waals surface area contributed by atoms with Gasteiger partial charge in [0.05, 0.1) is 16.8 Å². The largest absolute Gasteiger partial charge is 0.457 e. The van der Waals surface area contributed by atoms with Crippen molar-refractivity contribution in [3.05, 3.63) is 253 Å². The Hall–Kier alpha value is -8.14. The molecule has 0 amide bonds. The molecule has 9 aromatic carbocycles. The van der Waals surface area contributed by atoms with Gasteiger partial charge in [-0.3, -0.25) is 0 Å². The average molecular weight is 791 g/mol. The van der Waals surface area contributed by atoms with Gasteiger partial charge in [0.2, 0.25) is 0 Å². The minimum atomic E-state index is -0.519. The van der Waals surface area contributed by atoms with E-state index in [0.29, 0.717) is 5.82 Å². The van der Waals surface area contributed by atoms with Crippen molar-refractivity contribution in [2.45, 2.75) is 5.41 Å². The molecule has 290 valence electrons. The number of nitrogens with zero attached hydrogens (tertiary/aromatic N) is 2. The molecular formula is C59H38N2O. The first-order chi connectivity index (χ1) is 30.7. The first-order valence-corrected chi connectivity index (χ1v) is 21.1. The van der Waals surface area contributed by atoms with Gasteiger partial charge in [-0.1, -0.05) is 188 Å². The fourth-order valence-electron chi connectivity index (χ4n) is 9.72. The highest BCUT2D eigenvalue weighted by Gasteiger charge is 2.51. The van der Waals surface area contributed by atoms with Crippen LogP contribution in [0.25, 0.3) is 78.4 Å². The van der Waals surface area contributed by atoms with Gasteiger partial charge in [-0.15, -0.1) is 0 Å². The van der Waals surface area contributed by atoms with Gasteiger partial charge < -0.3 is 4.74 Å². The summed E-state index contributed by atoms with van der Waals surface area (Å²) in [4.78, 5) is 10.4. The second kappa shape index (κ2) is 14.5. The van der Waals surface area contributed by atoms with Crippen LogP contribution in [-0.2, 0) is 5.41 Å². The predicted octanol–water partition coefficient (Wildman–Crippen LogP) is 14.9. The molecule has 0 fully saturated rings. The maximum Gasteiger partial charge on any atom is 0.160 e. The van der Waals surface area contributed by atoms with Crippen LogP contribution >= 0.6 is 0 Å². The number of hydrogen-bond donors (Lipinski definition) is 0. The van der Waals surface area contributed by atoms with Crippen molar-refractivity contribution in [2.24, 2.45) is 0 Å². The van der Waals surface area contributed by atoms with E-state index in [9.17, 15) is 0 Å². The van der Waals surface area contributed by atoms with Crippen molar-refractivity contribution < 1.29 is 4.74 Å². The Morgan fingerprint density at radius 1 is 0.274 bits per heavy atom. The molecule has 2 heterocycles. The lowest BCUT2D eigenvalue weighted by molar-refractivity contribution is 0.436. The van der Waals surface area contributed by atoms with E-state index >= 15 is 0 Å². The molecule has 3 nitrogen and oxygen atoms in total. The van der Waals surface area contributed by atoms with E-state index in [4.69, 9.17) is 14.7 Å². The number of aromatic nitrogens is 2. The summed E-state index contributed by atoms with van der Waals surface area (Å²) in [7, 11) is 0. The van der Waals surface area contributed by atoms with Gasteiger partial charge in [-0.2, -0.15) is 0 Å². The topological polar surface area (TPSA) is 35.0 Å². The first-order valence-electron chi connectivity index (χ1n) is 21.1. The zero-order chi connectivity index (χ0) is 41.0. The normalized spacial score (nSPS) is 12.8. The fourth-order valence-corrected chi connectivity index (χ4v) is 9.72. The van der Waals surface area contributed by atoms with Gasteiger partial charge in [0, 0.05) is 27.8 Å². The molecule has 2 aliphatic rings. The summed E-state index contributed by atoms with van der Waals surface area (Å²) in [5.41, 5.74) is 18.5. The third-order valence-electron chi connectivity index (χ3n) is 12.6. The van der Waals surface area contributed by atoms with E-state index in [2.05, 4.69) is 218 Å². The molecular weight excluding hydrogens is 753 g/mol. The number of fused-ring (bicyclic) bond motifs is 9. The SMILES string of the molecule is c1ccc(-c2cccc(-c3cc(-c4ccccc4)nc(-c4cccc(-c5cccc(-c6ccc7c(c6)C6(c8ccccc8O7)c7ccccc7-c7ccccc76)c5)c4)n3)c2)cc1. The zero-order valence-electron chi connectivity index (χ0n) is 33.7. The molecule has 0 saturated carbocycles. The van der Waals surface area contributed by atoms with Gasteiger partial charge in [0.15, 0.2) is 5.82 Å². The van der Waals surface area contributed by atoms with Crippen LogP contribution in [0.15, 0.2) is 231 Å². The zero-order valence-corrected chi connectivity index (χ0v) is 33.7. The number of ether oxygens (including phenoxy) is 1. The van der Waals surface area contributed by atoms with Gasteiger partial charge >= 0.3 is 0 Å². The molecule has 62 heavy (non-hydrogen) atoms. The van der Waals surface area contributed by atoms with Crippen LogP contribution in [0.4, 0.5) is 0 Å². The molecule has 1 aliphatic heterocycles. The lowest BCUT2D eigenvalue weighted by atomic mass is 9.66. The summed E-state index contributed by atoms with van der Waals surface area (Å²) < 4.78 is 6.72. The van der Waals surface area contributed by atoms with Crippen molar-refractivity contribution in [3.8, 4) is 89.9 Å². The Morgan fingerprint density at radius 3 is 1.37 bits per heavy atom. The number of benzene rings is 9. The molecule has 0 radical (unpaired) electrons. The second-order valence-corrected chi connectivity index (χ2v) is 16.1. The molecule has 0 unspecified atom stereocenters. The smallest absolute Gasteiger partial charge is 0.160 e. The molecule has 0 bridgehead atoms. The van der Waals surface area contributed by atoms with Crippen LogP contribution in [-0.4, -0.2) is 9.97 Å². The molecule has 1 spiro atoms. The van der Waals surface area contributed by atoms with Gasteiger partial charge in [0.1, 0.15) is 11.5 Å². The van der Waals surface area contributed by atoms with E-state index in [1.165, 1.54) is 33.4 Å². The van der Waals surface area contributed by atoms with E-state index in [0.717, 1.165) is 73.0 Å². The van der Waals surface area contributed by atoms with Crippen LogP contribution in [0, 0.1) is 0 Å².